The van der Waals surface area contributed by atoms with Gasteiger partial charge < -0.3 is 9.80 Å². The van der Waals surface area contributed by atoms with Gasteiger partial charge in [0.15, 0.2) is 0 Å². The van der Waals surface area contributed by atoms with Crippen molar-refractivity contribution in [3.8, 4) is 0 Å². The molecule has 4 nitrogen and oxygen atoms in total. The largest absolute Gasteiger partial charge is 0.329 e. The van der Waals surface area contributed by atoms with Crippen molar-refractivity contribution in [3.05, 3.63) is 28.7 Å². The van der Waals surface area contributed by atoms with E-state index in [0.717, 1.165) is 29.5 Å². The first-order valence-electron chi connectivity index (χ1n) is 6.04. The number of halogens is 1. The van der Waals surface area contributed by atoms with E-state index in [2.05, 4.69) is 15.9 Å². The molecule has 0 saturated carbocycles. The number of hydrogen-bond donors (Lipinski definition) is 0. The molecule has 1 aromatic rings. The van der Waals surface area contributed by atoms with Crippen LogP contribution in [-0.2, 0) is 9.59 Å². The van der Waals surface area contributed by atoms with E-state index in [1.807, 2.05) is 24.3 Å². The minimum atomic E-state index is -0.252. The van der Waals surface area contributed by atoms with Gasteiger partial charge in [-0.3, -0.25) is 9.59 Å². The van der Waals surface area contributed by atoms with Crippen LogP contribution in [0.15, 0.2) is 28.7 Å². The summed E-state index contributed by atoms with van der Waals surface area (Å²) in [6.07, 6.45) is 1.71. The number of carbonyl (C=O) groups excluding carboxylic acids is 2. The van der Waals surface area contributed by atoms with Gasteiger partial charge in [-0.1, -0.05) is 12.1 Å². The van der Waals surface area contributed by atoms with Crippen LogP contribution in [0.1, 0.15) is 12.8 Å². The van der Waals surface area contributed by atoms with Crippen molar-refractivity contribution in [2.75, 3.05) is 18.0 Å². The Morgan fingerprint density at radius 3 is 2.78 bits per heavy atom. The first kappa shape index (κ1) is 11.7. The third-order valence-electron chi connectivity index (χ3n) is 3.56. The summed E-state index contributed by atoms with van der Waals surface area (Å²) in [5.74, 6) is 0.0897. The Hall–Kier alpha value is -1.36. The molecule has 18 heavy (non-hydrogen) atoms. The smallest absolute Gasteiger partial charge is 0.250 e. The second-order valence-corrected chi connectivity index (χ2v) is 5.48. The van der Waals surface area contributed by atoms with E-state index >= 15 is 0 Å². The Bertz CT molecular complexity index is 517. The lowest BCUT2D eigenvalue weighted by molar-refractivity contribution is -0.140. The van der Waals surface area contributed by atoms with Crippen LogP contribution in [0.5, 0.6) is 0 Å². The normalized spacial score (nSPS) is 23.5. The summed E-state index contributed by atoms with van der Waals surface area (Å²) in [7, 11) is 0. The van der Waals surface area contributed by atoms with Gasteiger partial charge >= 0.3 is 0 Å². The van der Waals surface area contributed by atoms with Crippen molar-refractivity contribution in [3.63, 3.8) is 0 Å². The fraction of sp³-hybridized carbons (Fsp3) is 0.385. The molecule has 5 heteroatoms. The molecule has 0 bridgehead atoms. The van der Waals surface area contributed by atoms with Crippen LogP contribution in [0.2, 0.25) is 0 Å². The molecule has 1 atom stereocenters. The van der Waals surface area contributed by atoms with E-state index in [1.165, 1.54) is 0 Å². The monoisotopic (exact) mass is 308 g/mol. The van der Waals surface area contributed by atoms with Crippen LogP contribution >= 0.6 is 15.9 Å². The number of nitrogens with zero attached hydrogens (tertiary/aromatic N) is 2. The lowest BCUT2D eigenvalue weighted by atomic mass is 10.1. The molecule has 0 aliphatic carbocycles. The number of amides is 2. The van der Waals surface area contributed by atoms with Gasteiger partial charge in [-0.25, -0.2) is 0 Å². The molecule has 2 amide bonds. The summed E-state index contributed by atoms with van der Waals surface area (Å²) in [6, 6.07) is 7.26. The van der Waals surface area contributed by atoms with Gasteiger partial charge in [0.2, 0.25) is 11.8 Å². The number of hydrogen-bond acceptors (Lipinski definition) is 2. The molecule has 2 heterocycles. The average Bonchev–Trinajstić information content (AvgIpc) is 2.85. The number of carbonyl (C=O) groups is 2. The highest BCUT2D eigenvalue weighted by Gasteiger charge is 2.42. The highest BCUT2D eigenvalue weighted by molar-refractivity contribution is 9.10. The third kappa shape index (κ3) is 1.73. The molecule has 2 fully saturated rings. The highest BCUT2D eigenvalue weighted by atomic mass is 79.9. The second kappa shape index (κ2) is 4.39. The number of piperazine rings is 1. The maximum Gasteiger partial charge on any atom is 0.250 e. The van der Waals surface area contributed by atoms with Crippen molar-refractivity contribution in [2.24, 2.45) is 0 Å². The number of rotatable bonds is 1. The minimum absolute atomic E-state index is 0.0407. The second-order valence-electron chi connectivity index (χ2n) is 4.62. The van der Waals surface area contributed by atoms with E-state index < -0.39 is 0 Å². The zero-order valence-corrected chi connectivity index (χ0v) is 11.4. The Kier molecular flexibility index (Phi) is 2.86. The lowest BCUT2D eigenvalue weighted by Gasteiger charge is -2.36. The van der Waals surface area contributed by atoms with Gasteiger partial charge in [-0.2, -0.15) is 0 Å². The summed E-state index contributed by atoms with van der Waals surface area (Å²) in [6.45, 7) is 0.872. The van der Waals surface area contributed by atoms with Gasteiger partial charge in [0.1, 0.15) is 12.6 Å². The summed E-state index contributed by atoms with van der Waals surface area (Å²) < 4.78 is 0.845. The maximum absolute atomic E-state index is 12.4. The Balaban J connectivity index is 1.96. The van der Waals surface area contributed by atoms with Crippen molar-refractivity contribution < 1.29 is 9.59 Å². The first-order valence-corrected chi connectivity index (χ1v) is 6.83. The predicted molar refractivity (Wildman–Crippen MR) is 71.2 cm³/mol. The summed E-state index contributed by atoms with van der Waals surface area (Å²) in [5.41, 5.74) is 0.780. The van der Waals surface area contributed by atoms with Gasteiger partial charge in [0.25, 0.3) is 0 Å². The van der Waals surface area contributed by atoms with Crippen molar-refractivity contribution >= 4 is 33.4 Å². The Morgan fingerprint density at radius 1 is 1.22 bits per heavy atom. The molecule has 2 aliphatic heterocycles. The van der Waals surface area contributed by atoms with Crippen LogP contribution in [0, 0.1) is 0 Å². The standard InChI is InChI=1S/C13H13BrN2O2/c14-9-4-1-2-5-10(9)16-8-12(17)15-7-3-6-11(15)13(16)18/h1-2,4-5,11H,3,6-8H2. The van der Waals surface area contributed by atoms with E-state index in [-0.39, 0.29) is 24.4 Å². The average molecular weight is 309 g/mol. The fourth-order valence-electron chi connectivity index (χ4n) is 2.68. The molecule has 3 rings (SSSR count). The molecular formula is C13H13BrN2O2. The van der Waals surface area contributed by atoms with Crippen LogP contribution in [0.3, 0.4) is 0 Å². The molecule has 1 aromatic carbocycles. The van der Waals surface area contributed by atoms with E-state index in [0.29, 0.717) is 0 Å². The Labute approximate surface area is 114 Å². The van der Waals surface area contributed by atoms with Gasteiger partial charge in [-0.05, 0) is 40.9 Å². The van der Waals surface area contributed by atoms with Gasteiger partial charge in [0.05, 0.1) is 5.69 Å². The topological polar surface area (TPSA) is 40.6 Å². The number of benzene rings is 1. The molecule has 0 N–H and O–H groups in total. The molecular weight excluding hydrogens is 296 g/mol. The molecule has 1 unspecified atom stereocenters. The number of anilines is 1. The molecule has 94 valence electrons. The molecule has 2 saturated heterocycles. The summed E-state index contributed by atoms with van der Waals surface area (Å²) in [5, 5.41) is 0. The van der Waals surface area contributed by atoms with E-state index in [9.17, 15) is 9.59 Å². The van der Waals surface area contributed by atoms with Crippen molar-refractivity contribution in [2.45, 2.75) is 18.9 Å². The SMILES string of the molecule is O=C1C2CCCN2C(=O)CN1c1ccccc1Br. The van der Waals surface area contributed by atoms with Crippen LogP contribution in [0.25, 0.3) is 0 Å². The molecule has 2 aliphatic rings. The van der Waals surface area contributed by atoms with Crippen LogP contribution < -0.4 is 4.90 Å². The minimum Gasteiger partial charge on any atom is -0.329 e. The van der Waals surface area contributed by atoms with Crippen LogP contribution in [0.4, 0.5) is 5.69 Å². The van der Waals surface area contributed by atoms with Crippen LogP contribution in [-0.4, -0.2) is 35.8 Å². The fourth-order valence-corrected chi connectivity index (χ4v) is 3.18. The van der Waals surface area contributed by atoms with Crippen molar-refractivity contribution in [1.29, 1.82) is 0 Å². The number of fused-ring (bicyclic) bond motifs is 1. The molecule has 0 radical (unpaired) electrons. The molecule has 0 spiro atoms. The Morgan fingerprint density at radius 2 is 2.00 bits per heavy atom. The van der Waals surface area contributed by atoms with E-state index in [1.54, 1.807) is 9.80 Å². The summed E-state index contributed by atoms with van der Waals surface area (Å²) >= 11 is 3.43. The van der Waals surface area contributed by atoms with Gasteiger partial charge in [0, 0.05) is 11.0 Å². The number of para-hydroxylation sites is 1. The van der Waals surface area contributed by atoms with Gasteiger partial charge in [-0.15, -0.1) is 0 Å². The van der Waals surface area contributed by atoms with Crippen molar-refractivity contribution in [1.82, 2.24) is 4.90 Å². The quantitative estimate of drug-likeness (QED) is 0.793. The third-order valence-corrected chi connectivity index (χ3v) is 4.23. The molecule has 0 aromatic heterocycles. The lowest BCUT2D eigenvalue weighted by Crippen LogP contribution is -2.57. The predicted octanol–water partition coefficient (Wildman–Crippen LogP) is 1.79. The first-order chi connectivity index (χ1) is 8.68. The highest BCUT2D eigenvalue weighted by Crippen LogP contribution is 2.31. The zero-order chi connectivity index (χ0) is 12.7. The maximum atomic E-state index is 12.4. The summed E-state index contributed by atoms with van der Waals surface area (Å²) in [4.78, 5) is 27.8. The van der Waals surface area contributed by atoms with E-state index in [4.69, 9.17) is 0 Å². The zero-order valence-electron chi connectivity index (χ0n) is 9.80.